The second kappa shape index (κ2) is 11.2. The van der Waals surface area contributed by atoms with E-state index in [1.54, 1.807) is 30.5 Å². The molecule has 1 atom stereocenters. The van der Waals surface area contributed by atoms with Crippen LogP contribution in [0.3, 0.4) is 0 Å². The van der Waals surface area contributed by atoms with Gasteiger partial charge in [0.15, 0.2) is 17.3 Å². The van der Waals surface area contributed by atoms with Gasteiger partial charge in [-0.25, -0.2) is 4.68 Å². The first kappa shape index (κ1) is 25.1. The highest BCUT2D eigenvalue weighted by Crippen LogP contribution is 2.39. The number of hydrogen-bond donors (Lipinski definition) is 1. The second-order valence-electron chi connectivity index (χ2n) is 8.31. The zero-order valence-corrected chi connectivity index (χ0v) is 21.9. The summed E-state index contributed by atoms with van der Waals surface area (Å²) in [5.41, 5.74) is 3.28. The van der Waals surface area contributed by atoms with Gasteiger partial charge in [0.2, 0.25) is 11.1 Å². The van der Waals surface area contributed by atoms with Crippen molar-refractivity contribution in [3.8, 4) is 11.5 Å². The van der Waals surface area contributed by atoms with Gasteiger partial charge in [-0.05, 0) is 55.7 Å². The third-order valence-electron chi connectivity index (χ3n) is 5.75. The molecule has 35 heavy (non-hydrogen) atoms. The number of unbranched alkanes of at least 4 members (excludes halogenated alkanes) is 1. The molecule has 3 aromatic rings. The van der Waals surface area contributed by atoms with Crippen LogP contribution in [0, 0.1) is 0 Å². The molecule has 184 valence electrons. The van der Waals surface area contributed by atoms with E-state index in [9.17, 15) is 4.79 Å². The molecule has 0 fully saturated rings. The standard InChI is InChI=1S/C26H29ClN4O3S/c1-5-6-13-35-26-29-25-28-16(2)23(17(3)32)24(31(25)30-26)19-9-12-21(22(14-19)33-4)34-15-18-7-10-20(27)11-8-18/h7-12,14,24H,5-6,13,15H2,1-4H3,(H,28,29,30). The molecular formula is C26H29ClN4O3S. The maximum atomic E-state index is 12.7. The van der Waals surface area contributed by atoms with Crippen molar-refractivity contribution in [2.45, 2.75) is 51.4 Å². The predicted octanol–water partition coefficient (Wildman–Crippen LogP) is 6.29. The van der Waals surface area contributed by atoms with Crippen LogP contribution in [-0.2, 0) is 11.4 Å². The number of nitrogens with one attached hydrogen (secondary N) is 1. The Kier molecular flexibility index (Phi) is 8.03. The normalized spacial score (nSPS) is 14.9. The Hall–Kier alpha value is -2.97. The van der Waals surface area contributed by atoms with E-state index in [1.807, 2.05) is 49.4 Å². The molecule has 2 heterocycles. The van der Waals surface area contributed by atoms with Gasteiger partial charge in [0.05, 0.1) is 7.11 Å². The monoisotopic (exact) mass is 512 g/mol. The minimum absolute atomic E-state index is 0.0247. The lowest BCUT2D eigenvalue weighted by atomic mass is 9.93. The lowest BCUT2D eigenvalue weighted by Gasteiger charge is -2.28. The first-order chi connectivity index (χ1) is 16.9. The Morgan fingerprint density at radius 2 is 1.97 bits per heavy atom. The SMILES string of the molecule is CCCCSc1nc2n(n1)C(c1ccc(OCc3ccc(Cl)cc3)c(OC)c1)C(C(C)=O)=C(C)N2. The molecule has 1 aromatic heterocycles. The number of carbonyl (C=O) groups is 1. The molecule has 0 radical (unpaired) electrons. The van der Waals surface area contributed by atoms with Crippen LogP contribution in [0.5, 0.6) is 11.5 Å². The third-order valence-corrected chi connectivity index (χ3v) is 6.93. The zero-order chi connectivity index (χ0) is 24.9. The van der Waals surface area contributed by atoms with Crippen molar-refractivity contribution in [3.05, 3.63) is 69.9 Å². The molecule has 1 aliphatic heterocycles. The van der Waals surface area contributed by atoms with Crippen LogP contribution in [0.4, 0.5) is 5.95 Å². The molecular weight excluding hydrogens is 484 g/mol. The smallest absolute Gasteiger partial charge is 0.227 e. The Labute approximate surface area is 214 Å². The van der Waals surface area contributed by atoms with Gasteiger partial charge in [-0.1, -0.05) is 54.9 Å². The van der Waals surface area contributed by atoms with Gasteiger partial charge in [0.1, 0.15) is 12.6 Å². The molecule has 4 rings (SSSR count). The van der Waals surface area contributed by atoms with E-state index < -0.39 is 6.04 Å². The summed E-state index contributed by atoms with van der Waals surface area (Å²) in [7, 11) is 1.60. The van der Waals surface area contributed by atoms with E-state index in [0.717, 1.165) is 35.4 Å². The number of aromatic nitrogens is 3. The van der Waals surface area contributed by atoms with Crippen LogP contribution >= 0.6 is 23.4 Å². The molecule has 1 unspecified atom stereocenters. The quantitative estimate of drug-likeness (QED) is 0.252. The van der Waals surface area contributed by atoms with Crippen LogP contribution in [0.1, 0.15) is 50.8 Å². The molecule has 0 aliphatic carbocycles. The summed E-state index contributed by atoms with van der Waals surface area (Å²) in [6.07, 6.45) is 2.21. The van der Waals surface area contributed by atoms with Gasteiger partial charge >= 0.3 is 0 Å². The lowest BCUT2D eigenvalue weighted by molar-refractivity contribution is -0.114. The summed E-state index contributed by atoms with van der Waals surface area (Å²) in [6.45, 7) is 6.01. The van der Waals surface area contributed by atoms with Gasteiger partial charge in [-0.3, -0.25) is 4.79 Å². The fourth-order valence-electron chi connectivity index (χ4n) is 3.98. The average molecular weight is 513 g/mol. The number of thioether (sulfide) groups is 1. The highest BCUT2D eigenvalue weighted by molar-refractivity contribution is 7.99. The van der Waals surface area contributed by atoms with Crippen molar-refractivity contribution in [2.24, 2.45) is 0 Å². The molecule has 7 nitrogen and oxygen atoms in total. The number of halogens is 1. The number of Topliss-reactive ketones (excluding diaryl/α,β-unsaturated/α-hetero) is 1. The molecule has 0 bridgehead atoms. The Bertz CT molecular complexity index is 1240. The molecule has 9 heteroatoms. The minimum Gasteiger partial charge on any atom is -0.493 e. The largest absolute Gasteiger partial charge is 0.493 e. The third kappa shape index (κ3) is 5.65. The van der Waals surface area contributed by atoms with Gasteiger partial charge in [0.25, 0.3) is 0 Å². The Morgan fingerprint density at radius 3 is 2.66 bits per heavy atom. The van der Waals surface area contributed by atoms with Crippen molar-refractivity contribution in [3.63, 3.8) is 0 Å². The molecule has 0 spiro atoms. The molecule has 1 aliphatic rings. The predicted molar refractivity (Wildman–Crippen MR) is 140 cm³/mol. The lowest BCUT2D eigenvalue weighted by Crippen LogP contribution is -2.27. The van der Waals surface area contributed by atoms with Crippen LogP contribution in [-0.4, -0.2) is 33.4 Å². The number of allylic oxidation sites excluding steroid dienone is 2. The van der Waals surface area contributed by atoms with E-state index in [4.69, 9.17) is 26.2 Å². The number of methoxy groups -OCH3 is 1. The maximum absolute atomic E-state index is 12.7. The summed E-state index contributed by atoms with van der Waals surface area (Å²) < 4.78 is 13.5. The number of benzene rings is 2. The Balaban J connectivity index is 1.66. The van der Waals surface area contributed by atoms with E-state index in [2.05, 4.69) is 17.2 Å². The number of carbonyl (C=O) groups excluding carboxylic acids is 1. The van der Waals surface area contributed by atoms with Gasteiger partial charge in [-0.2, -0.15) is 4.98 Å². The second-order valence-corrected chi connectivity index (χ2v) is 9.81. The van der Waals surface area contributed by atoms with E-state index >= 15 is 0 Å². The zero-order valence-electron chi connectivity index (χ0n) is 20.3. The van der Waals surface area contributed by atoms with Crippen molar-refractivity contribution in [1.82, 2.24) is 14.8 Å². The van der Waals surface area contributed by atoms with Gasteiger partial charge < -0.3 is 14.8 Å². The summed E-state index contributed by atoms with van der Waals surface area (Å²) in [5, 5.41) is 9.37. The number of rotatable bonds is 10. The summed E-state index contributed by atoms with van der Waals surface area (Å²) in [4.78, 5) is 17.4. The van der Waals surface area contributed by atoms with Crippen LogP contribution in [0.25, 0.3) is 0 Å². The maximum Gasteiger partial charge on any atom is 0.227 e. The minimum atomic E-state index is -0.420. The number of fused-ring (bicyclic) bond motifs is 1. The molecule has 0 saturated heterocycles. The van der Waals surface area contributed by atoms with Crippen molar-refractivity contribution < 1.29 is 14.3 Å². The van der Waals surface area contributed by atoms with Crippen molar-refractivity contribution >= 4 is 35.1 Å². The summed E-state index contributed by atoms with van der Waals surface area (Å²) in [6, 6.07) is 12.8. The number of hydrogen-bond acceptors (Lipinski definition) is 7. The molecule has 0 saturated carbocycles. The number of ketones is 1. The van der Waals surface area contributed by atoms with Crippen LogP contribution in [0.15, 0.2) is 58.9 Å². The van der Waals surface area contributed by atoms with E-state index in [0.29, 0.717) is 39.8 Å². The van der Waals surface area contributed by atoms with E-state index in [-0.39, 0.29) is 5.78 Å². The molecule has 0 amide bonds. The average Bonchev–Trinajstić information content (AvgIpc) is 3.25. The number of anilines is 1. The highest BCUT2D eigenvalue weighted by atomic mass is 35.5. The number of nitrogens with zero attached hydrogens (tertiary/aromatic N) is 3. The molecule has 1 N–H and O–H groups in total. The number of ether oxygens (including phenoxy) is 2. The highest BCUT2D eigenvalue weighted by Gasteiger charge is 2.33. The topological polar surface area (TPSA) is 78.3 Å². The fourth-order valence-corrected chi connectivity index (χ4v) is 5.02. The van der Waals surface area contributed by atoms with Crippen molar-refractivity contribution in [1.29, 1.82) is 0 Å². The van der Waals surface area contributed by atoms with E-state index in [1.165, 1.54) is 0 Å². The molecule has 2 aromatic carbocycles. The van der Waals surface area contributed by atoms with Crippen LogP contribution < -0.4 is 14.8 Å². The fraction of sp³-hybridized carbons (Fsp3) is 0.346. The summed E-state index contributed by atoms with van der Waals surface area (Å²) >= 11 is 7.60. The first-order valence-corrected chi connectivity index (χ1v) is 12.9. The van der Waals surface area contributed by atoms with Gasteiger partial charge in [-0.15, -0.1) is 5.10 Å². The van der Waals surface area contributed by atoms with Gasteiger partial charge in [0, 0.05) is 22.0 Å². The summed E-state index contributed by atoms with van der Waals surface area (Å²) in [5.74, 6) is 2.74. The Morgan fingerprint density at radius 1 is 1.20 bits per heavy atom. The first-order valence-electron chi connectivity index (χ1n) is 11.5. The van der Waals surface area contributed by atoms with Crippen LogP contribution in [0.2, 0.25) is 5.02 Å². The van der Waals surface area contributed by atoms with Crippen molar-refractivity contribution in [2.75, 3.05) is 18.2 Å².